The summed E-state index contributed by atoms with van der Waals surface area (Å²) in [6.45, 7) is 0. The van der Waals surface area contributed by atoms with Crippen LogP contribution in [0.3, 0.4) is 0 Å². The third-order valence-electron chi connectivity index (χ3n) is 3.07. The zero-order valence-corrected chi connectivity index (χ0v) is 10.4. The number of aromatic carboxylic acids is 1. The van der Waals surface area contributed by atoms with Gasteiger partial charge >= 0.3 is 5.97 Å². The molecule has 3 aromatic rings. The Bertz CT molecular complexity index is 795. The van der Waals surface area contributed by atoms with Gasteiger partial charge in [0.1, 0.15) is 11.6 Å². The standard InChI is InChI=1S/C14H11N3O3/c18-11-4-2-1-3-9(11)7-12-15-16-13-8-10(14(19)20)5-6-17(12)13/h1-6,8,18H,7H2,(H,19,20). The number of aromatic hydroxyl groups is 1. The Morgan fingerprint density at radius 2 is 2.00 bits per heavy atom. The minimum Gasteiger partial charge on any atom is -0.508 e. The lowest BCUT2D eigenvalue weighted by Gasteiger charge is -2.03. The number of carbonyl (C=O) groups is 1. The quantitative estimate of drug-likeness (QED) is 0.756. The van der Waals surface area contributed by atoms with Crippen molar-refractivity contribution in [2.24, 2.45) is 0 Å². The maximum Gasteiger partial charge on any atom is 0.335 e. The number of phenolic OH excluding ortho intramolecular Hbond substituents is 1. The maximum absolute atomic E-state index is 10.9. The van der Waals surface area contributed by atoms with E-state index >= 15 is 0 Å². The van der Waals surface area contributed by atoms with Crippen LogP contribution in [0, 0.1) is 0 Å². The van der Waals surface area contributed by atoms with Gasteiger partial charge in [0.15, 0.2) is 5.65 Å². The first-order valence-electron chi connectivity index (χ1n) is 5.99. The van der Waals surface area contributed by atoms with Gasteiger partial charge in [-0.3, -0.25) is 4.40 Å². The average Bonchev–Trinajstić information content (AvgIpc) is 2.84. The highest BCUT2D eigenvalue weighted by atomic mass is 16.4. The molecule has 0 aliphatic rings. The maximum atomic E-state index is 10.9. The van der Waals surface area contributed by atoms with Crippen LogP contribution in [-0.4, -0.2) is 30.8 Å². The van der Waals surface area contributed by atoms with Gasteiger partial charge in [0.25, 0.3) is 0 Å². The lowest BCUT2D eigenvalue weighted by Crippen LogP contribution is -2.00. The van der Waals surface area contributed by atoms with E-state index in [4.69, 9.17) is 5.11 Å². The van der Waals surface area contributed by atoms with E-state index in [9.17, 15) is 9.90 Å². The molecule has 100 valence electrons. The van der Waals surface area contributed by atoms with Crippen molar-refractivity contribution < 1.29 is 15.0 Å². The number of hydrogen-bond acceptors (Lipinski definition) is 4. The van der Waals surface area contributed by atoms with Crippen molar-refractivity contribution in [2.45, 2.75) is 6.42 Å². The third kappa shape index (κ3) is 2.07. The SMILES string of the molecule is O=C(O)c1ccn2c(Cc3ccccc3O)nnc2c1. The number of carboxylic acid groups (broad SMARTS) is 1. The summed E-state index contributed by atoms with van der Waals surface area (Å²) in [5.74, 6) is -0.164. The van der Waals surface area contributed by atoms with Crippen LogP contribution in [0.4, 0.5) is 0 Å². The molecule has 0 bridgehead atoms. The van der Waals surface area contributed by atoms with Gasteiger partial charge in [0, 0.05) is 18.2 Å². The van der Waals surface area contributed by atoms with Crippen LogP contribution in [0.5, 0.6) is 5.75 Å². The molecule has 0 spiro atoms. The van der Waals surface area contributed by atoms with Crippen LogP contribution < -0.4 is 0 Å². The second-order valence-corrected chi connectivity index (χ2v) is 4.37. The average molecular weight is 269 g/mol. The van der Waals surface area contributed by atoms with Crippen molar-refractivity contribution in [3.05, 3.63) is 59.5 Å². The van der Waals surface area contributed by atoms with Gasteiger partial charge < -0.3 is 10.2 Å². The van der Waals surface area contributed by atoms with Gasteiger partial charge in [-0.15, -0.1) is 10.2 Å². The molecular formula is C14H11N3O3. The number of pyridine rings is 1. The van der Waals surface area contributed by atoms with Gasteiger partial charge in [-0.1, -0.05) is 18.2 Å². The number of carboxylic acids is 1. The fourth-order valence-electron chi connectivity index (χ4n) is 2.02. The molecular weight excluding hydrogens is 258 g/mol. The molecule has 2 heterocycles. The first-order valence-corrected chi connectivity index (χ1v) is 5.99. The predicted octanol–water partition coefficient (Wildman–Crippen LogP) is 1.72. The zero-order valence-electron chi connectivity index (χ0n) is 10.4. The monoisotopic (exact) mass is 269 g/mol. The molecule has 3 rings (SSSR count). The first kappa shape index (κ1) is 12.2. The van der Waals surface area contributed by atoms with E-state index < -0.39 is 5.97 Å². The second-order valence-electron chi connectivity index (χ2n) is 4.37. The van der Waals surface area contributed by atoms with Crippen LogP contribution in [0.15, 0.2) is 42.6 Å². The highest BCUT2D eigenvalue weighted by molar-refractivity contribution is 5.88. The van der Waals surface area contributed by atoms with Gasteiger partial charge in [-0.05, 0) is 18.2 Å². The number of fused-ring (bicyclic) bond motifs is 1. The molecule has 0 unspecified atom stereocenters. The van der Waals surface area contributed by atoms with E-state index in [1.807, 2.05) is 12.1 Å². The minimum atomic E-state index is -1.00. The van der Waals surface area contributed by atoms with Crippen molar-refractivity contribution in [1.29, 1.82) is 0 Å². The fourth-order valence-corrected chi connectivity index (χ4v) is 2.02. The molecule has 0 amide bonds. The Morgan fingerprint density at radius 1 is 1.20 bits per heavy atom. The lowest BCUT2D eigenvalue weighted by atomic mass is 10.1. The molecule has 0 atom stereocenters. The molecule has 0 radical (unpaired) electrons. The molecule has 2 aromatic heterocycles. The molecule has 0 aliphatic carbocycles. The molecule has 0 saturated carbocycles. The Kier molecular flexibility index (Phi) is 2.83. The normalized spacial score (nSPS) is 10.8. The number of rotatable bonds is 3. The van der Waals surface area contributed by atoms with E-state index in [-0.39, 0.29) is 11.3 Å². The summed E-state index contributed by atoms with van der Waals surface area (Å²) in [6, 6.07) is 9.96. The molecule has 0 fully saturated rings. The van der Waals surface area contributed by atoms with Gasteiger partial charge in [0.2, 0.25) is 0 Å². The van der Waals surface area contributed by atoms with Gasteiger partial charge in [0.05, 0.1) is 5.56 Å². The summed E-state index contributed by atoms with van der Waals surface area (Å²) in [5.41, 5.74) is 1.37. The first-order chi connectivity index (χ1) is 9.65. The zero-order chi connectivity index (χ0) is 14.1. The summed E-state index contributed by atoms with van der Waals surface area (Å²) in [4.78, 5) is 10.9. The summed E-state index contributed by atoms with van der Waals surface area (Å²) in [6.07, 6.45) is 2.04. The largest absolute Gasteiger partial charge is 0.508 e. The Balaban J connectivity index is 2.01. The topological polar surface area (TPSA) is 87.7 Å². The van der Waals surface area contributed by atoms with Crippen LogP contribution in [0.25, 0.3) is 5.65 Å². The van der Waals surface area contributed by atoms with Crippen LogP contribution in [0.1, 0.15) is 21.7 Å². The Hall–Kier alpha value is -2.89. The number of nitrogens with zero attached hydrogens (tertiary/aromatic N) is 3. The van der Waals surface area contributed by atoms with Crippen molar-refractivity contribution in [2.75, 3.05) is 0 Å². The highest BCUT2D eigenvalue weighted by Gasteiger charge is 2.11. The minimum absolute atomic E-state index is 0.166. The molecule has 0 aliphatic heterocycles. The number of hydrogen-bond donors (Lipinski definition) is 2. The smallest absolute Gasteiger partial charge is 0.335 e. The van der Waals surface area contributed by atoms with E-state index in [0.717, 1.165) is 5.56 Å². The van der Waals surface area contributed by atoms with Crippen molar-refractivity contribution >= 4 is 11.6 Å². The molecule has 0 saturated heterocycles. The predicted molar refractivity (Wildman–Crippen MR) is 70.9 cm³/mol. The lowest BCUT2D eigenvalue weighted by molar-refractivity contribution is 0.0697. The Labute approximate surface area is 113 Å². The third-order valence-corrected chi connectivity index (χ3v) is 3.07. The highest BCUT2D eigenvalue weighted by Crippen LogP contribution is 2.19. The van der Waals surface area contributed by atoms with Crippen molar-refractivity contribution in [3.8, 4) is 5.75 Å². The molecule has 6 nitrogen and oxygen atoms in total. The molecule has 1 aromatic carbocycles. The van der Waals surface area contributed by atoms with Crippen molar-refractivity contribution in [3.63, 3.8) is 0 Å². The van der Waals surface area contributed by atoms with Gasteiger partial charge in [-0.2, -0.15) is 0 Å². The van der Waals surface area contributed by atoms with E-state index in [1.54, 1.807) is 22.7 Å². The Morgan fingerprint density at radius 3 is 2.75 bits per heavy atom. The van der Waals surface area contributed by atoms with E-state index in [2.05, 4.69) is 10.2 Å². The van der Waals surface area contributed by atoms with Crippen molar-refractivity contribution in [1.82, 2.24) is 14.6 Å². The fraction of sp³-hybridized carbons (Fsp3) is 0.0714. The van der Waals surface area contributed by atoms with Crippen LogP contribution in [-0.2, 0) is 6.42 Å². The molecule has 20 heavy (non-hydrogen) atoms. The number of phenols is 1. The number of aromatic nitrogens is 3. The molecule has 6 heteroatoms. The summed E-state index contributed by atoms with van der Waals surface area (Å²) >= 11 is 0. The van der Waals surface area contributed by atoms with Crippen LogP contribution in [0.2, 0.25) is 0 Å². The van der Waals surface area contributed by atoms with E-state index in [1.165, 1.54) is 12.1 Å². The second kappa shape index (κ2) is 4.65. The van der Waals surface area contributed by atoms with E-state index in [0.29, 0.717) is 17.9 Å². The molecule has 2 N–H and O–H groups in total. The van der Waals surface area contributed by atoms with Gasteiger partial charge in [-0.25, -0.2) is 4.79 Å². The summed E-state index contributed by atoms with van der Waals surface area (Å²) in [7, 11) is 0. The summed E-state index contributed by atoms with van der Waals surface area (Å²) < 4.78 is 1.71. The number of para-hydroxylation sites is 1. The number of benzene rings is 1. The van der Waals surface area contributed by atoms with Crippen LogP contribution >= 0.6 is 0 Å². The summed E-state index contributed by atoms with van der Waals surface area (Å²) in [5, 5.41) is 26.7.